The third-order valence-corrected chi connectivity index (χ3v) is 6.49. The molecule has 0 aliphatic carbocycles. The van der Waals surface area contributed by atoms with Gasteiger partial charge in [-0.1, -0.05) is 36.4 Å². The number of rotatable bonds is 5. The Hall–Kier alpha value is -2.29. The van der Waals surface area contributed by atoms with E-state index in [-0.39, 0.29) is 12.1 Å². The average molecular weight is 377 g/mol. The summed E-state index contributed by atoms with van der Waals surface area (Å²) >= 11 is 0. The van der Waals surface area contributed by atoms with Crippen LogP contribution < -0.4 is 5.73 Å². The van der Waals surface area contributed by atoms with E-state index in [9.17, 15) is 17.6 Å². The second kappa shape index (κ2) is 7.14. The molecule has 2 N–H and O–H groups in total. The van der Waals surface area contributed by atoms with E-state index in [1.165, 1.54) is 29.6 Å². The standard InChI is InChI=1S/C18H20FN3O3S/c1-21(17(18(20)23)14-7-4-8-16(19)11-14)26(24,25)22-10-9-13-5-2-3-6-15(13)12-22/h2-8,11,17H,9-10,12H2,1H3,(H2,20,23)/t17-/m1/s1. The van der Waals surface area contributed by atoms with Gasteiger partial charge in [-0.15, -0.1) is 0 Å². The lowest BCUT2D eigenvalue weighted by molar-refractivity contribution is -0.121. The predicted octanol–water partition coefficient (Wildman–Crippen LogP) is 1.59. The van der Waals surface area contributed by atoms with Gasteiger partial charge < -0.3 is 5.73 Å². The zero-order valence-electron chi connectivity index (χ0n) is 14.3. The number of hydrogen-bond donors (Lipinski definition) is 1. The average Bonchev–Trinajstić information content (AvgIpc) is 2.61. The predicted molar refractivity (Wildman–Crippen MR) is 95.6 cm³/mol. The van der Waals surface area contributed by atoms with Crippen molar-refractivity contribution < 1.29 is 17.6 Å². The first-order chi connectivity index (χ1) is 12.3. The first-order valence-corrected chi connectivity index (χ1v) is 9.55. The fourth-order valence-corrected chi connectivity index (χ4v) is 4.69. The molecule has 0 saturated heterocycles. The number of nitrogens with zero attached hydrogens (tertiary/aromatic N) is 2. The van der Waals surface area contributed by atoms with Gasteiger partial charge in [0.25, 0.3) is 10.2 Å². The Kier molecular flexibility index (Phi) is 5.08. The maximum atomic E-state index is 13.5. The number of halogens is 1. The van der Waals surface area contributed by atoms with Crippen molar-refractivity contribution in [2.75, 3.05) is 13.6 Å². The molecule has 0 spiro atoms. The van der Waals surface area contributed by atoms with Crippen LogP contribution in [0, 0.1) is 5.82 Å². The minimum absolute atomic E-state index is 0.195. The number of carbonyl (C=O) groups is 1. The van der Waals surface area contributed by atoms with Crippen LogP contribution in [0.5, 0.6) is 0 Å². The molecule has 1 aliphatic heterocycles. The van der Waals surface area contributed by atoms with Crippen molar-refractivity contribution in [2.45, 2.75) is 19.0 Å². The Morgan fingerprint density at radius 2 is 1.88 bits per heavy atom. The number of likely N-dealkylation sites (N-methyl/N-ethyl adjacent to an activating group) is 1. The van der Waals surface area contributed by atoms with Gasteiger partial charge in [0.1, 0.15) is 11.9 Å². The van der Waals surface area contributed by atoms with Crippen molar-refractivity contribution in [2.24, 2.45) is 5.73 Å². The summed E-state index contributed by atoms with van der Waals surface area (Å²) in [6.07, 6.45) is 0.588. The molecule has 3 rings (SSSR count). The molecule has 138 valence electrons. The van der Waals surface area contributed by atoms with E-state index in [1.54, 1.807) is 0 Å². The molecule has 8 heteroatoms. The number of benzene rings is 2. The van der Waals surface area contributed by atoms with Crippen LogP contribution in [0.1, 0.15) is 22.7 Å². The van der Waals surface area contributed by atoms with Crippen molar-refractivity contribution in [3.05, 3.63) is 71.0 Å². The van der Waals surface area contributed by atoms with Crippen molar-refractivity contribution in [1.82, 2.24) is 8.61 Å². The highest BCUT2D eigenvalue weighted by molar-refractivity contribution is 7.86. The number of primary amides is 1. The second-order valence-electron chi connectivity index (χ2n) is 6.24. The Morgan fingerprint density at radius 3 is 2.54 bits per heavy atom. The van der Waals surface area contributed by atoms with Gasteiger partial charge in [-0.05, 0) is 35.2 Å². The molecule has 0 radical (unpaired) electrons. The first kappa shape index (κ1) is 18.5. The van der Waals surface area contributed by atoms with Crippen molar-refractivity contribution >= 4 is 16.1 Å². The van der Waals surface area contributed by atoms with Gasteiger partial charge in [0.2, 0.25) is 5.91 Å². The Balaban J connectivity index is 1.91. The molecule has 0 bridgehead atoms. The maximum Gasteiger partial charge on any atom is 0.283 e. The highest BCUT2D eigenvalue weighted by Gasteiger charge is 2.37. The molecule has 2 aromatic rings. The van der Waals surface area contributed by atoms with Crippen molar-refractivity contribution in [1.29, 1.82) is 0 Å². The summed E-state index contributed by atoms with van der Waals surface area (Å²) in [6.45, 7) is 0.524. The fourth-order valence-electron chi connectivity index (χ4n) is 3.21. The van der Waals surface area contributed by atoms with Crippen LogP contribution >= 0.6 is 0 Å². The van der Waals surface area contributed by atoms with Crippen molar-refractivity contribution in [3.63, 3.8) is 0 Å². The largest absolute Gasteiger partial charge is 0.368 e. The van der Waals surface area contributed by atoms with Crippen LogP contribution in [-0.2, 0) is 28.0 Å². The fraction of sp³-hybridized carbons (Fsp3) is 0.278. The van der Waals surface area contributed by atoms with E-state index in [1.807, 2.05) is 24.3 Å². The molecule has 6 nitrogen and oxygen atoms in total. The van der Waals surface area contributed by atoms with Gasteiger partial charge >= 0.3 is 0 Å². The lowest BCUT2D eigenvalue weighted by Crippen LogP contribution is -2.48. The molecular weight excluding hydrogens is 357 g/mol. The highest BCUT2D eigenvalue weighted by Crippen LogP contribution is 2.28. The van der Waals surface area contributed by atoms with Gasteiger partial charge in [-0.2, -0.15) is 17.0 Å². The topological polar surface area (TPSA) is 83.7 Å². The Morgan fingerprint density at radius 1 is 1.19 bits per heavy atom. The molecule has 2 aromatic carbocycles. The van der Waals surface area contributed by atoms with Gasteiger partial charge in [0, 0.05) is 20.1 Å². The van der Waals surface area contributed by atoms with E-state index < -0.39 is 28.0 Å². The van der Waals surface area contributed by atoms with E-state index in [0.29, 0.717) is 13.0 Å². The molecular formula is C18H20FN3O3S. The number of carbonyl (C=O) groups excluding carboxylic acids is 1. The smallest absolute Gasteiger partial charge is 0.283 e. The van der Waals surface area contributed by atoms with E-state index in [4.69, 9.17) is 5.73 Å². The van der Waals surface area contributed by atoms with Crippen LogP contribution in [0.4, 0.5) is 4.39 Å². The molecule has 1 atom stereocenters. The molecule has 0 saturated carbocycles. The van der Waals surface area contributed by atoms with Gasteiger partial charge in [0.15, 0.2) is 0 Å². The molecule has 26 heavy (non-hydrogen) atoms. The highest BCUT2D eigenvalue weighted by atomic mass is 32.2. The molecule has 0 aromatic heterocycles. The SMILES string of the molecule is CN([C@@H](C(N)=O)c1cccc(F)c1)S(=O)(=O)N1CCc2ccccc2C1. The summed E-state index contributed by atoms with van der Waals surface area (Å²) in [5, 5.41) is 0. The lowest BCUT2D eigenvalue weighted by atomic mass is 10.0. The summed E-state index contributed by atoms with van der Waals surface area (Å²) in [4.78, 5) is 12.0. The minimum atomic E-state index is -3.97. The third kappa shape index (κ3) is 3.48. The molecule has 0 unspecified atom stereocenters. The minimum Gasteiger partial charge on any atom is -0.368 e. The van der Waals surface area contributed by atoms with Crippen LogP contribution in [0.25, 0.3) is 0 Å². The monoisotopic (exact) mass is 377 g/mol. The van der Waals surface area contributed by atoms with Crippen LogP contribution in [0.2, 0.25) is 0 Å². The summed E-state index contributed by atoms with van der Waals surface area (Å²) in [5.41, 5.74) is 7.67. The zero-order chi connectivity index (χ0) is 18.9. The van der Waals surface area contributed by atoms with Crippen molar-refractivity contribution in [3.8, 4) is 0 Å². The molecule has 1 aliphatic rings. The second-order valence-corrected chi connectivity index (χ2v) is 8.22. The number of amides is 1. The quantitative estimate of drug-likeness (QED) is 0.859. The van der Waals surface area contributed by atoms with Crippen LogP contribution in [-0.4, -0.2) is 36.5 Å². The summed E-state index contributed by atoms with van der Waals surface area (Å²) in [7, 11) is -2.68. The molecule has 1 heterocycles. The van der Waals surface area contributed by atoms with Gasteiger partial charge in [-0.3, -0.25) is 4.79 Å². The Bertz CT molecular complexity index is 933. The van der Waals surface area contributed by atoms with Gasteiger partial charge in [0.05, 0.1) is 0 Å². The normalized spacial score (nSPS) is 16.3. The van der Waals surface area contributed by atoms with Crippen LogP contribution in [0.15, 0.2) is 48.5 Å². The number of hydrogen-bond acceptors (Lipinski definition) is 3. The molecule has 1 amide bonds. The molecule has 0 fully saturated rings. The number of fused-ring (bicyclic) bond motifs is 1. The summed E-state index contributed by atoms with van der Waals surface area (Å²) in [5.74, 6) is -1.43. The summed E-state index contributed by atoms with van der Waals surface area (Å²) < 4.78 is 41.9. The summed E-state index contributed by atoms with van der Waals surface area (Å²) in [6, 6.07) is 11.6. The zero-order valence-corrected chi connectivity index (χ0v) is 15.1. The lowest BCUT2D eigenvalue weighted by Gasteiger charge is -2.34. The van der Waals surface area contributed by atoms with E-state index in [0.717, 1.165) is 21.5 Å². The van der Waals surface area contributed by atoms with E-state index >= 15 is 0 Å². The maximum absolute atomic E-state index is 13.5. The van der Waals surface area contributed by atoms with Gasteiger partial charge in [-0.25, -0.2) is 4.39 Å². The Labute approximate surface area is 152 Å². The first-order valence-electron chi connectivity index (χ1n) is 8.15. The number of nitrogens with two attached hydrogens (primary N) is 1. The van der Waals surface area contributed by atoms with Crippen LogP contribution in [0.3, 0.4) is 0 Å². The third-order valence-electron chi connectivity index (χ3n) is 4.58. The van der Waals surface area contributed by atoms with E-state index in [2.05, 4.69) is 0 Å².